The van der Waals surface area contributed by atoms with Crippen LogP contribution in [0.1, 0.15) is 15.9 Å². The molecule has 2 aromatic rings. The number of amides is 2. The fraction of sp³-hybridized carbons (Fsp3) is 0.133. The molecule has 0 atom stereocenters. The van der Waals surface area contributed by atoms with E-state index >= 15 is 0 Å². The predicted molar refractivity (Wildman–Crippen MR) is 79.2 cm³/mol. The van der Waals surface area contributed by atoms with Crippen LogP contribution in [-0.2, 0) is 11.2 Å². The van der Waals surface area contributed by atoms with Crippen molar-refractivity contribution in [1.29, 1.82) is 0 Å². The Labute approximate surface area is 121 Å². The van der Waals surface area contributed by atoms with Crippen LogP contribution in [0.15, 0.2) is 47.4 Å². The van der Waals surface area contributed by atoms with Crippen molar-refractivity contribution in [2.24, 2.45) is 0 Å². The molecule has 0 aliphatic carbocycles. The second-order valence-corrected chi connectivity index (χ2v) is 4.44. The van der Waals surface area contributed by atoms with Crippen molar-refractivity contribution in [3.05, 3.63) is 64.1 Å². The summed E-state index contributed by atoms with van der Waals surface area (Å²) in [4.78, 5) is 36.8. The fourth-order valence-corrected chi connectivity index (χ4v) is 1.77. The largest absolute Gasteiger partial charge is 0.359 e. The Balaban J connectivity index is 2.05. The van der Waals surface area contributed by atoms with Crippen LogP contribution < -0.4 is 16.2 Å². The molecule has 3 N–H and O–H groups in total. The minimum absolute atomic E-state index is 0.0738. The van der Waals surface area contributed by atoms with E-state index in [-0.39, 0.29) is 22.9 Å². The van der Waals surface area contributed by atoms with Crippen LogP contribution >= 0.6 is 0 Å². The zero-order valence-corrected chi connectivity index (χ0v) is 11.5. The SMILES string of the molecule is CNC(=O)Cc1ccc(NC(=O)c2cc[nH]c(=O)c2)cc1. The second-order valence-electron chi connectivity index (χ2n) is 4.44. The van der Waals surface area contributed by atoms with Crippen molar-refractivity contribution in [2.75, 3.05) is 12.4 Å². The van der Waals surface area contributed by atoms with Gasteiger partial charge in [-0.25, -0.2) is 0 Å². The average molecular weight is 285 g/mol. The molecule has 0 spiro atoms. The molecule has 0 unspecified atom stereocenters. The lowest BCUT2D eigenvalue weighted by atomic mass is 10.1. The number of H-pyrrole nitrogens is 1. The molecular weight excluding hydrogens is 270 g/mol. The first-order chi connectivity index (χ1) is 10.1. The molecule has 2 rings (SSSR count). The Hall–Kier alpha value is -2.89. The normalized spacial score (nSPS) is 9.95. The maximum atomic E-state index is 11.9. The van der Waals surface area contributed by atoms with Crippen molar-refractivity contribution in [3.8, 4) is 0 Å². The third-order valence-corrected chi connectivity index (χ3v) is 2.89. The number of benzene rings is 1. The van der Waals surface area contributed by atoms with Gasteiger partial charge in [-0.3, -0.25) is 14.4 Å². The molecule has 6 heteroatoms. The maximum absolute atomic E-state index is 11.9. The van der Waals surface area contributed by atoms with Crippen LogP contribution in [0.5, 0.6) is 0 Å². The lowest BCUT2D eigenvalue weighted by Gasteiger charge is -2.06. The second kappa shape index (κ2) is 6.51. The minimum Gasteiger partial charge on any atom is -0.359 e. The van der Waals surface area contributed by atoms with Gasteiger partial charge in [0.25, 0.3) is 5.91 Å². The fourth-order valence-electron chi connectivity index (χ4n) is 1.77. The lowest BCUT2D eigenvalue weighted by molar-refractivity contribution is -0.119. The smallest absolute Gasteiger partial charge is 0.255 e. The molecule has 0 fully saturated rings. The number of aromatic nitrogens is 1. The van der Waals surface area contributed by atoms with Gasteiger partial charge < -0.3 is 15.6 Å². The van der Waals surface area contributed by atoms with Gasteiger partial charge in [0.05, 0.1) is 6.42 Å². The number of hydrogen-bond acceptors (Lipinski definition) is 3. The molecule has 1 heterocycles. The molecule has 0 radical (unpaired) electrons. The third-order valence-electron chi connectivity index (χ3n) is 2.89. The van der Waals surface area contributed by atoms with Crippen molar-refractivity contribution in [1.82, 2.24) is 10.3 Å². The van der Waals surface area contributed by atoms with Gasteiger partial charge in [-0.15, -0.1) is 0 Å². The van der Waals surface area contributed by atoms with Gasteiger partial charge in [0.2, 0.25) is 11.5 Å². The Kier molecular flexibility index (Phi) is 4.50. The molecule has 6 nitrogen and oxygen atoms in total. The van der Waals surface area contributed by atoms with E-state index < -0.39 is 0 Å². The van der Waals surface area contributed by atoms with E-state index in [9.17, 15) is 14.4 Å². The standard InChI is InChI=1S/C15H15N3O3/c1-16-13(19)8-10-2-4-12(5-3-10)18-15(21)11-6-7-17-14(20)9-11/h2-7,9H,8H2,1H3,(H,16,19)(H,17,20)(H,18,21). The molecule has 1 aromatic carbocycles. The van der Waals surface area contributed by atoms with Crippen molar-refractivity contribution in [2.45, 2.75) is 6.42 Å². The zero-order valence-electron chi connectivity index (χ0n) is 11.5. The maximum Gasteiger partial charge on any atom is 0.255 e. The summed E-state index contributed by atoms with van der Waals surface area (Å²) in [6, 6.07) is 9.71. The summed E-state index contributed by atoms with van der Waals surface area (Å²) in [5.41, 5.74) is 1.40. The Morgan fingerprint density at radius 2 is 1.86 bits per heavy atom. The first-order valence-electron chi connectivity index (χ1n) is 6.38. The van der Waals surface area contributed by atoms with Crippen LogP contribution in [0.25, 0.3) is 0 Å². The molecule has 0 aliphatic rings. The van der Waals surface area contributed by atoms with Crippen molar-refractivity contribution in [3.63, 3.8) is 0 Å². The topological polar surface area (TPSA) is 91.1 Å². The van der Waals surface area contributed by atoms with E-state index in [1.807, 2.05) is 0 Å². The highest BCUT2D eigenvalue weighted by atomic mass is 16.2. The summed E-state index contributed by atoms with van der Waals surface area (Å²) in [6.45, 7) is 0. The molecule has 0 bridgehead atoms. The van der Waals surface area contributed by atoms with E-state index in [2.05, 4.69) is 15.6 Å². The number of nitrogens with one attached hydrogen (secondary N) is 3. The summed E-state index contributed by atoms with van der Waals surface area (Å²) in [6.07, 6.45) is 1.71. The van der Waals surface area contributed by atoms with Gasteiger partial charge >= 0.3 is 0 Å². The van der Waals surface area contributed by atoms with Gasteiger partial charge in [-0.1, -0.05) is 12.1 Å². The summed E-state index contributed by atoms with van der Waals surface area (Å²) in [5.74, 6) is -0.435. The van der Waals surface area contributed by atoms with E-state index in [0.717, 1.165) is 5.56 Å². The third kappa shape index (κ3) is 4.04. The van der Waals surface area contributed by atoms with Crippen LogP contribution in [-0.4, -0.2) is 23.8 Å². The highest BCUT2D eigenvalue weighted by Gasteiger charge is 2.07. The molecule has 0 aliphatic heterocycles. The Bertz CT molecular complexity index is 705. The van der Waals surface area contributed by atoms with Crippen LogP contribution in [0.4, 0.5) is 5.69 Å². The van der Waals surface area contributed by atoms with Crippen molar-refractivity contribution >= 4 is 17.5 Å². The number of anilines is 1. The number of hydrogen-bond donors (Lipinski definition) is 3. The van der Waals surface area contributed by atoms with E-state index in [1.165, 1.54) is 18.3 Å². The quantitative estimate of drug-likeness (QED) is 0.780. The first-order valence-corrected chi connectivity index (χ1v) is 6.38. The van der Waals surface area contributed by atoms with Gasteiger partial charge in [0.1, 0.15) is 0 Å². The molecular formula is C15H15N3O3. The predicted octanol–water partition coefficient (Wildman–Crippen LogP) is 0.916. The number of carbonyl (C=O) groups is 2. The number of likely N-dealkylation sites (N-methyl/N-ethyl adjacent to an activating group) is 1. The Morgan fingerprint density at radius 3 is 2.48 bits per heavy atom. The number of carbonyl (C=O) groups excluding carboxylic acids is 2. The van der Waals surface area contributed by atoms with Gasteiger partial charge in [0, 0.05) is 30.6 Å². The molecule has 108 valence electrons. The summed E-state index contributed by atoms with van der Waals surface area (Å²) in [5, 5.41) is 5.23. The highest BCUT2D eigenvalue weighted by Crippen LogP contribution is 2.11. The summed E-state index contributed by atoms with van der Waals surface area (Å²) >= 11 is 0. The van der Waals surface area contributed by atoms with Crippen LogP contribution in [0, 0.1) is 0 Å². The zero-order chi connectivity index (χ0) is 15.2. The molecule has 1 aromatic heterocycles. The van der Waals surface area contributed by atoms with Crippen LogP contribution in [0.3, 0.4) is 0 Å². The monoisotopic (exact) mass is 285 g/mol. The lowest BCUT2D eigenvalue weighted by Crippen LogP contribution is -2.20. The molecule has 0 saturated carbocycles. The number of aromatic amines is 1. The molecule has 2 amide bonds. The van der Waals surface area contributed by atoms with Gasteiger partial charge in [0.15, 0.2) is 0 Å². The Morgan fingerprint density at radius 1 is 1.14 bits per heavy atom. The molecule has 0 saturated heterocycles. The van der Waals surface area contributed by atoms with Crippen molar-refractivity contribution < 1.29 is 9.59 Å². The summed E-state index contributed by atoms with van der Waals surface area (Å²) in [7, 11) is 1.58. The minimum atomic E-state index is -0.361. The van der Waals surface area contributed by atoms with E-state index in [0.29, 0.717) is 12.1 Å². The average Bonchev–Trinajstić information content (AvgIpc) is 2.49. The highest BCUT2D eigenvalue weighted by molar-refractivity contribution is 6.04. The van der Waals surface area contributed by atoms with Crippen LogP contribution in [0.2, 0.25) is 0 Å². The number of pyridine rings is 1. The number of rotatable bonds is 4. The van der Waals surface area contributed by atoms with Gasteiger partial charge in [-0.2, -0.15) is 0 Å². The molecule has 21 heavy (non-hydrogen) atoms. The van der Waals surface area contributed by atoms with E-state index in [4.69, 9.17) is 0 Å². The first kappa shape index (κ1) is 14.5. The summed E-state index contributed by atoms with van der Waals surface area (Å²) < 4.78 is 0. The van der Waals surface area contributed by atoms with E-state index in [1.54, 1.807) is 31.3 Å². The van der Waals surface area contributed by atoms with Gasteiger partial charge in [-0.05, 0) is 23.8 Å².